The number of benzene rings is 2. The van der Waals surface area contributed by atoms with Crippen molar-refractivity contribution in [3.05, 3.63) is 65.7 Å². The molecular weight excluding hydrogens is 258 g/mol. The summed E-state index contributed by atoms with van der Waals surface area (Å²) in [5.41, 5.74) is 2.53. The summed E-state index contributed by atoms with van der Waals surface area (Å²) in [6.45, 7) is 2.60. The van der Waals surface area contributed by atoms with Crippen LogP contribution in [0.5, 0.6) is 0 Å². The van der Waals surface area contributed by atoms with Gasteiger partial charge in [0.25, 0.3) is 5.91 Å². The summed E-state index contributed by atoms with van der Waals surface area (Å²) in [5, 5.41) is 0. The van der Waals surface area contributed by atoms with Crippen molar-refractivity contribution >= 4 is 23.2 Å². The number of anilines is 1. The number of carbonyl (C=O) groups excluding carboxylic acids is 1. The van der Waals surface area contributed by atoms with Crippen LogP contribution in [0, 0.1) is 0 Å². The minimum absolute atomic E-state index is 0.000617. The number of amides is 1. The fourth-order valence-electron chi connectivity index (χ4n) is 1.99. The van der Waals surface area contributed by atoms with E-state index in [2.05, 4.69) is 0 Å². The highest BCUT2D eigenvalue weighted by Crippen LogP contribution is 2.17. The SMILES string of the molecule is CCN(C(=O)c1cccc(CCl)c1)c1ccccc1. The molecule has 1 amide bonds. The van der Waals surface area contributed by atoms with Gasteiger partial charge in [0.1, 0.15) is 0 Å². The molecule has 0 bridgehead atoms. The van der Waals surface area contributed by atoms with E-state index in [0.29, 0.717) is 18.0 Å². The first-order valence-corrected chi connectivity index (χ1v) is 6.81. The van der Waals surface area contributed by atoms with Gasteiger partial charge in [-0.1, -0.05) is 30.3 Å². The minimum atomic E-state index is 0.000617. The van der Waals surface area contributed by atoms with Crippen LogP contribution in [0.25, 0.3) is 0 Å². The zero-order valence-electron chi connectivity index (χ0n) is 10.8. The van der Waals surface area contributed by atoms with Crippen LogP contribution in [0.1, 0.15) is 22.8 Å². The lowest BCUT2D eigenvalue weighted by Gasteiger charge is -2.21. The molecule has 0 saturated carbocycles. The minimum Gasteiger partial charge on any atom is -0.309 e. The monoisotopic (exact) mass is 273 g/mol. The molecule has 0 aliphatic carbocycles. The van der Waals surface area contributed by atoms with E-state index < -0.39 is 0 Å². The van der Waals surface area contributed by atoms with Gasteiger partial charge in [-0.25, -0.2) is 0 Å². The van der Waals surface area contributed by atoms with Gasteiger partial charge in [-0.2, -0.15) is 0 Å². The first kappa shape index (κ1) is 13.6. The van der Waals surface area contributed by atoms with Gasteiger partial charge in [-0.15, -0.1) is 11.6 Å². The average molecular weight is 274 g/mol. The maximum atomic E-state index is 12.5. The Bertz CT molecular complexity index is 554. The average Bonchev–Trinajstić information content (AvgIpc) is 2.49. The van der Waals surface area contributed by atoms with Crippen LogP contribution >= 0.6 is 11.6 Å². The van der Waals surface area contributed by atoms with Gasteiger partial charge >= 0.3 is 0 Å². The van der Waals surface area contributed by atoms with Gasteiger partial charge < -0.3 is 4.90 Å². The Morgan fingerprint density at radius 3 is 2.47 bits per heavy atom. The van der Waals surface area contributed by atoms with Crippen molar-refractivity contribution in [2.45, 2.75) is 12.8 Å². The Hall–Kier alpha value is -1.80. The zero-order valence-corrected chi connectivity index (χ0v) is 11.6. The molecule has 2 nitrogen and oxygen atoms in total. The predicted molar refractivity (Wildman–Crippen MR) is 79.8 cm³/mol. The number of carbonyl (C=O) groups is 1. The molecule has 2 rings (SSSR count). The number of rotatable bonds is 4. The Kier molecular flexibility index (Phi) is 4.58. The molecule has 0 radical (unpaired) electrons. The molecule has 0 fully saturated rings. The first-order chi connectivity index (χ1) is 9.26. The largest absolute Gasteiger partial charge is 0.309 e. The van der Waals surface area contributed by atoms with Gasteiger partial charge in [0, 0.05) is 23.7 Å². The maximum absolute atomic E-state index is 12.5. The van der Waals surface area contributed by atoms with Gasteiger partial charge in [0.05, 0.1) is 0 Å². The van der Waals surface area contributed by atoms with Gasteiger partial charge in [-0.3, -0.25) is 4.79 Å². The lowest BCUT2D eigenvalue weighted by Crippen LogP contribution is -2.30. The van der Waals surface area contributed by atoms with Crippen LogP contribution < -0.4 is 4.90 Å². The van der Waals surface area contributed by atoms with E-state index >= 15 is 0 Å². The summed E-state index contributed by atoms with van der Waals surface area (Å²) in [6.07, 6.45) is 0. The van der Waals surface area contributed by atoms with Gasteiger partial charge in [-0.05, 0) is 36.8 Å². The Labute approximate surface area is 118 Å². The van der Waals surface area contributed by atoms with Crippen LogP contribution in [0.3, 0.4) is 0 Å². The molecule has 0 heterocycles. The molecule has 19 heavy (non-hydrogen) atoms. The van der Waals surface area contributed by atoms with Crippen LogP contribution in [0.15, 0.2) is 54.6 Å². The molecule has 0 spiro atoms. The standard InChI is InChI=1S/C16H16ClNO/c1-2-18(15-9-4-3-5-10-15)16(19)14-8-6-7-13(11-14)12-17/h3-11H,2,12H2,1H3. The molecule has 0 aliphatic heterocycles. The lowest BCUT2D eigenvalue weighted by molar-refractivity contribution is 0.0988. The number of hydrogen-bond donors (Lipinski definition) is 0. The number of halogens is 1. The molecule has 98 valence electrons. The number of nitrogens with zero attached hydrogens (tertiary/aromatic N) is 1. The molecule has 0 aliphatic rings. The Morgan fingerprint density at radius 1 is 1.11 bits per heavy atom. The normalized spacial score (nSPS) is 10.2. The second kappa shape index (κ2) is 6.39. The van der Waals surface area contributed by atoms with E-state index in [0.717, 1.165) is 11.3 Å². The molecule has 0 N–H and O–H groups in total. The third kappa shape index (κ3) is 3.15. The lowest BCUT2D eigenvalue weighted by atomic mass is 10.1. The van der Waals surface area contributed by atoms with E-state index in [1.54, 1.807) is 4.90 Å². The van der Waals surface area contributed by atoms with Crippen molar-refractivity contribution in [1.82, 2.24) is 0 Å². The summed E-state index contributed by atoms with van der Waals surface area (Å²) < 4.78 is 0. The van der Waals surface area contributed by atoms with E-state index in [9.17, 15) is 4.79 Å². The van der Waals surface area contributed by atoms with E-state index in [-0.39, 0.29) is 5.91 Å². The third-order valence-corrected chi connectivity index (χ3v) is 3.27. The summed E-state index contributed by atoms with van der Waals surface area (Å²) >= 11 is 5.81. The smallest absolute Gasteiger partial charge is 0.258 e. The summed E-state index contributed by atoms with van der Waals surface area (Å²) in [4.78, 5) is 14.3. The highest BCUT2D eigenvalue weighted by atomic mass is 35.5. The van der Waals surface area contributed by atoms with Crippen molar-refractivity contribution in [3.8, 4) is 0 Å². The van der Waals surface area contributed by atoms with Crippen molar-refractivity contribution in [1.29, 1.82) is 0 Å². The molecule has 2 aromatic carbocycles. The predicted octanol–water partition coefficient (Wildman–Crippen LogP) is 4.09. The summed E-state index contributed by atoms with van der Waals surface area (Å²) in [6, 6.07) is 17.1. The van der Waals surface area contributed by atoms with Crippen molar-refractivity contribution in [2.24, 2.45) is 0 Å². The maximum Gasteiger partial charge on any atom is 0.258 e. The fourth-order valence-corrected chi connectivity index (χ4v) is 2.16. The molecule has 2 aromatic rings. The Morgan fingerprint density at radius 2 is 1.84 bits per heavy atom. The van der Waals surface area contributed by atoms with Crippen LogP contribution in [0.4, 0.5) is 5.69 Å². The fraction of sp³-hybridized carbons (Fsp3) is 0.188. The molecular formula is C16H16ClNO. The third-order valence-electron chi connectivity index (χ3n) is 2.96. The summed E-state index contributed by atoms with van der Waals surface area (Å²) in [7, 11) is 0. The molecule has 0 saturated heterocycles. The van der Waals surface area contributed by atoms with Crippen LogP contribution in [0.2, 0.25) is 0 Å². The molecule has 3 heteroatoms. The second-order valence-electron chi connectivity index (χ2n) is 4.22. The van der Waals surface area contributed by atoms with Crippen molar-refractivity contribution in [3.63, 3.8) is 0 Å². The van der Waals surface area contributed by atoms with E-state index in [1.807, 2.05) is 61.5 Å². The van der Waals surface area contributed by atoms with Gasteiger partial charge in [0.15, 0.2) is 0 Å². The van der Waals surface area contributed by atoms with Crippen LogP contribution in [-0.2, 0) is 5.88 Å². The number of para-hydroxylation sites is 1. The van der Waals surface area contributed by atoms with Gasteiger partial charge in [0.2, 0.25) is 0 Å². The topological polar surface area (TPSA) is 20.3 Å². The second-order valence-corrected chi connectivity index (χ2v) is 4.49. The highest BCUT2D eigenvalue weighted by Gasteiger charge is 2.15. The summed E-state index contributed by atoms with van der Waals surface area (Å²) in [5.74, 6) is 0.416. The molecule has 0 unspecified atom stereocenters. The Balaban J connectivity index is 2.30. The van der Waals surface area contributed by atoms with Crippen molar-refractivity contribution < 1.29 is 4.79 Å². The zero-order chi connectivity index (χ0) is 13.7. The first-order valence-electron chi connectivity index (χ1n) is 6.28. The highest BCUT2D eigenvalue weighted by molar-refractivity contribution is 6.17. The van der Waals surface area contributed by atoms with Crippen molar-refractivity contribution in [2.75, 3.05) is 11.4 Å². The van der Waals surface area contributed by atoms with Crippen LogP contribution in [-0.4, -0.2) is 12.5 Å². The number of hydrogen-bond acceptors (Lipinski definition) is 1. The molecule has 0 atom stereocenters. The van der Waals surface area contributed by atoms with E-state index in [1.165, 1.54) is 0 Å². The quantitative estimate of drug-likeness (QED) is 0.768. The number of alkyl halides is 1. The molecule has 0 aromatic heterocycles. The van der Waals surface area contributed by atoms with E-state index in [4.69, 9.17) is 11.6 Å².